The normalized spacial score (nSPS) is 19.0. The summed E-state index contributed by atoms with van der Waals surface area (Å²) in [5, 5.41) is 11.8. The van der Waals surface area contributed by atoms with Gasteiger partial charge in [0.25, 0.3) is 0 Å². The van der Waals surface area contributed by atoms with Gasteiger partial charge in [0, 0.05) is 23.3 Å². The summed E-state index contributed by atoms with van der Waals surface area (Å²) in [5.41, 5.74) is 3.63. The molecule has 1 atom stereocenters. The highest BCUT2D eigenvalue weighted by Crippen LogP contribution is 2.53. The lowest BCUT2D eigenvalue weighted by atomic mass is 9.75. The number of nitrogens with one attached hydrogen (secondary N) is 1. The molecule has 0 amide bonds. The first-order valence-corrected chi connectivity index (χ1v) is 15.0. The van der Waals surface area contributed by atoms with Crippen LogP contribution < -0.4 is 9.72 Å². The van der Waals surface area contributed by atoms with Gasteiger partial charge in [0.2, 0.25) is 0 Å². The predicted molar refractivity (Wildman–Crippen MR) is 157 cm³/mol. The Kier molecular flexibility index (Phi) is 9.50. The fraction of sp³-hybridized carbons (Fsp3) is 0.303. The Hall–Kier alpha value is -3.60. The molecule has 0 radical (unpaired) electrons. The average Bonchev–Trinajstić information content (AvgIpc) is 3.58. The minimum absolute atomic E-state index is 0.178. The van der Waals surface area contributed by atoms with Crippen molar-refractivity contribution in [3.63, 3.8) is 0 Å². The third-order valence-corrected chi connectivity index (χ3v) is 8.26. The molecule has 1 aromatic heterocycles. The summed E-state index contributed by atoms with van der Waals surface area (Å²) in [5.74, 6) is 0.784. The molecule has 1 unspecified atom stereocenters. The monoisotopic (exact) mass is 591 g/mol. The van der Waals surface area contributed by atoms with Crippen LogP contribution in [0.1, 0.15) is 53.5 Å². The highest BCUT2D eigenvalue weighted by Gasteiger charge is 2.55. The molecule has 1 fully saturated rings. The second-order valence-corrected chi connectivity index (χ2v) is 12.1. The van der Waals surface area contributed by atoms with E-state index >= 15 is 0 Å². The van der Waals surface area contributed by atoms with Crippen molar-refractivity contribution in [3.8, 4) is 5.75 Å². The van der Waals surface area contributed by atoms with Gasteiger partial charge < -0.3 is 23.9 Å². The largest absolute Gasteiger partial charge is 0.744 e. The van der Waals surface area contributed by atoms with Crippen LogP contribution in [0.2, 0.25) is 0 Å². The molecule has 9 heteroatoms. The zero-order valence-corrected chi connectivity index (χ0v) is 25.3. The topological polar surface area (TPSA) is 119 Å². The Balaban J connectivity index is 0.000000195. The van der Waals surface area contributed by atoms with E-state index in [1.54, 1.807) is 12.1 Å². The van der Waals surface area contributed by atoms with Crippen LogP contribution in [-0.4, -0.2) is 36.9 Å². The molecule has 8 nitrogen and oxygen atoms in total. The van der Waals surface area contributed by atoms with Gasteiger partial charge in [-0.3, -0.25) is 0 Å². The summed E-state index contributed by atoms with van der Waals surface area (Å²) < 4.78 is 48.6. The van der Waals surface area contributed by atoms with E-state index in [4.69, 9.17) is 14.2 Å². The molecule has 2 N–H and O–H groups in total. The third kappa shape index (κ3) is 6.72. The minimum Gasteiger partial charge on any atom is -0.744 e. The van der Waals surface area contributed by atoms with Crippen LogP contribution in [0.15, 0.2) is 96.2 Å². The van der Waals surface area contributed by atoms with Crippen LogP contribution in [0.4, 0.5) is 0 Å². The van der Waals surface area contributed by atoms with Crippen molar-refractivity contribution in [2.75, 3.05) is 13.2 Å². The number of fused-ring (bicyclic) bond motifs is 1. The van der Waals surface area contributed by atoms with E-state index in [1.807, 2.05) is 94.7 Å². The van der Waals surface area contributed by atoms with Gasteiger partial charge in [0.05, 0.1) is 18.1 Å². The Morgan fingerprint density at radius 1 is 0.881 bits per heavy atom. The van der Waals surface area contributed by atoms with E-state index in [9.17, 15) is 18.1 Å². The summed E-state index contributed by atoms with van der Waals surface area (Å²) in [7, 11) is -4.27. The number of aromatic nitrogens is 1. The number of hydrogen-bond acceptors (Lipinski definition) is 7. The SMILES string of the molecule is Cc1ccc(S(=O)(=O)[O-])cc1.Cc1ccc2c(c1C)OC(C)(C)C2(O)c1cccc(C2OCCO2)c1.c1cc[nH+]cc1. The summed E-state index contributed by atoms with van der Waals surface area (Å²) in [6.45, 7) is 10.9. The van der Waals surface area contributed by atoms with E-state index in [0.717, 1.165) is 39.1 Å². The molecule has 0 saturated carbocycles. The summed E-state index contributed by atoms with van der Waals surface area (Å²) in [4.78, 5) is 2.71. The number of aromatic amines is 1. The molecule has 222 valence electrons. The van der Waals surface area contributed by atoms with Crippen LogP contribution in [0.3, 0.4) is 0 Å². The lowest BCUT2D eigenvalue weighted by molar-refractivity contribution is -0.377. The molecule has 6 rings (SSSR count). The average molecular weight is 592 g/mol. The maximum Gasteiger partial charge on any atom is 0.184 e. The van der Waals surface area contributed by atoms with Crippen molar-refractivity contribution in [1.82, 2.24) is 0 Å². The lowest BCUT2D eigenvalue weighted by Gasteiger charge is -2.36. The predicted octanol–water partition coefficient (Wildman–Crippen LogP) is 5.16. The van der Waals surface area contributed by atoms with Crippen molar-refractivity contribution in [2.24, 2.45) is 0 Å². The maximum absolute atomic E-state index is 11.8. The van der Waals surface area contributed by atoms with Gasteiger partial charge in [-0.05, 0) is 69.5 Å². The van der Waals surface area contributed by atoms with Crippen molar-refractivity contribution in [2.45, 2.75) is 57.0 Å². The molecule has 4 aromatic rings. The first-order chi connectivity index (χ1) is 19.8. The zero-order valence-electron chi connectivity index (χ0n) is 24.5. The van der Waals surface area contributed by atoms with Crippen LogP contribution in [0.25, 0.3) is 0 Å². The second-order valence-electron chi connectivity index (χ2n) is 10.8. The van der Waals surface area contributed by atoms with Crippen LogP contribution in [0.5, 0.6) is 5.75 Å². The third-order valence-electron chi connectivity index (χ3n) is 7.41. The number of aliphatic hydroxyl groups is 1. The van der Waals surface area contributed by atoms with Gasteiger partial charge >= 0.3 is 0 Å². The van der Waals surface area contributed by atoms with Gasteiger partial charge in [0.1, 0.15) is 21.5 Å². The highest BCUT2D eigenvalue weighted by molar-refractivity contribution is 7.85. The molecule has 2 aliphatic rings. The van der Waals surface area contributed by atoms with E-state index < -0.39 is 21.3 Å². The van der Waals surface area contributed by atoms with E-state index in [-0.39, 0.29) is 11.2 Å². The number of ether oxygens (including phenoxy) is 3. The van der Waals surface area contributed by atoms with E-state index in [0.29, 0.717) is 13.2 Å². The van der Waals surface area contributed by atoms with E-state index in [1.165, 1.54) is 12.1 Å². The molecular formula is C33H37NO7S. The quantitative estimate of drug-likeness (QED) is 0.327. The van der Waals surface area contributed by atoms with Crippen LogP contribution in [-0.2, 0) is 25.2 Å². The second kappa shape index (κ2) is 12.7. The number of benzene rings is 3. The van der Waals surface area contributed by atoms with E-state index in [2.05, 4.69) is 11.9 Å². The summed E-state index contributed by atoms with van der Waals surface area (Å²) >= 11 is 0. The van der Waals surface area contributed by atoms with Crippen molar-refractivity contribution < 1.29 is 37.3 Å². The number of H-pyrrole nitrogens is 1. The standard InChI is InChI=1S/C21H24O4.C7H8O3S.C5H5N/c1-13-8-9-17-18(14(13)2)25-20(3,4)21(17,22)16-7-5-6-15(12-16)19-23-10-11-24-19;1-6-2-4-7(5-3-6)11(8,9)10;1-2-4-6-5-3-1/h5-9,12,19,22H,10-11H2,1-4H3;2-5H,1H3,(H,8,9,10);1-5H. The number of rotatable bonds is 3. The maximum atomic E-state index is 11.8. The molecule has 3 aromatic carbocycles. The summed E-state index contributed by atoms with van der Waals surface area (Å²) in [6, 6.07) is 23.5. The van der Waals surface area contributed by atoms with Crippen molar-refractivity contribution >= 4 is 10.1 Å². The number of pyridine rings is 1. The molecule has 2 aliphatic heterocycles. The lowest BCUT2D eigenvalue weighted by Crippen LogP contribution is -2.47. The van der Waals surface area contributed by atoms with Gasteiger partial charge in [0.15, 0.2) is 24.3 Å². The van der Waals surface area contributed by atoms with Gasteiger partial charge in [-0.2, -0.15) is 0 Å². The molecule has 3 heterocycles. The molecule has 1 saturated heterocycles. The van der Waals surface area contributed by atoms with Gasteiger partial charge in [-0.1, -0.05) is 54.1 Å². The Bertz CT molecular complexity index is 1570. The van der Waals surface area contributed by atoms with Crippen molar-refractivity contribution in [3.05, 3.63) is 125 Å². The Morgan fingerprint density at radius 3 is 2.07 bits per heavy atom. The number of aryl methyl sites for hydroxylation is 2. The molecule has 0 spiro atoms. The Labute approximate surface area is 247 Å². The fourth-order valence-electron chi connectivity index (χ4n) is 4.87. The molecule has 0 bridgehead atoms. The molecular weight excluding hydrogens is 554 g/mol. The molecule has 42 heavy (non-hydrogen) atoms. The van der Waals surface area contributed by atoms with Crippen LogP contribution in [0, 0.1) is 20.8 Å². The minimum atomic E-state index is -4.27. The highest BCUT2D eigenvalue weighted by atomic mass is 32.2. The first-order valence-electron chi connectivity index (χ1n) is 13.6. The summed E-state index contributed by atoms with van der Waals surface area (Å²) in [6.07, 6.45) is 3.38. The zero-order chi connectivity index (χ0) is 30.5. The van der Waals surface area contributed by atoms with Crippen molar-refractivity contribution in [1.29, 1.82) is 0 Å². The Morgan fingerprint density at radius 2 is 1.52 bits per heavy atom. The fourth-order valence-corrected chi connectivity index (χ4v) is 5.34. The molecule has 0 aliphatic carbocycles. The van der Waals surface area contributed by atoms with Crippen LogP contribution >= 0.6 is 0 Å². The van der Waals surface area contributed by atoms with Gasteiger partial charge in [-0.15, -0.1) is 0 Å². The van der Waals surface area contributed by atoms with Gasteiger partial charge in [-0.25, -0.2) is 13.4 Å². The number of hydrogen-bond donors (Lipinski definition) is 1. The smallest absolute Gasteiger partial charge is 0.184 e. The first kappa shape index (κ1) is 31.3.